The number of nitrogens with zero attached hydrogens (tertiary/aromatic N) is 6. The van der Waals surface area contributed by atoms with Gasteiger partial charge in [-0.2, -0.15) is 5.26 Å². The van der Waals surface area contributed by atoms with Gasteiger partial charge < -0.3 is 4.40 Å². The molecule has 48 heavy (non-hydrogen) atoms. The normalized spacial score (nSPS) is 12.1. The van der Waals surface area contributed by atoms with Crippen LogP contribution in [0.2, 0.25) is 0 Å². The Morgan fingerprint density at radius 2 is 1.31 bits per heavy atom. The van der Waals surface area contributed by atoms with Crippen molar-refractivity contribution in [3.8, 4) is 23.3 Å². The smallest absolute Gasteiger partial charge is 0.235 e. The zero-order valence-corrected chi connectivity index (χ0v) is 25.4. The second-order valence-electron chi connectivity index (χ2n) is 12.4. The van der Waals surface area contributed by atoms with Crippen molar-refractivity contribution in [3.63, 3.8) is 0 Å². The molecule has 0 fully saturated rings. The van der Waals surface area contributed by atoms with Crippen LogP contribution in [0, 0.1) is 11.3 Å². The summed E-state index contributed by atoms with van der Waals surface area (Å²) in [6.45, 7) is 0. The quantitative estimate of drug-likeness (QED) is 0.195. The van der Waals surface area contributed by atoms with Gasteiger partial charge in [0, 0.05) is 49.5 Å². The van der Waals surface area contributed by atoms with Crippen molar-refractivity contribution in [2.24, 2.45) is 0 Å². The maximum absolute atomic E-state index is 9.47. The number of hydrogen-bond acceptors (Lipinski definition) is 4. The van der Waals surface area contributed by atoms with Crippen LogP contribution in [-0.4, -0.2) is 23.9 Å². The van der Waals surface area contributed by atoms with Crippen molar-refractivity contribution in [3.05, 3.63) is 139 Å². The molecule has 0 unspecified atom stereocenters. The standard InChI is InChI=1S/C42H22N6/c43-23-24-15-17-26(18-16-24)38-39-32(12-7-21-44-39)45-42(46-38)48-35-22-31-28-10-3-5-13-33(28)47-34-14-6-4-11-29(34)37(41(31)47)36(35)30-20-19-25-8-1-2-9-27(25)40(30)48/h1-22H. The van der Waals surface area contributed by atoms with Gasteiger partial charge in [0.05, 0.1) is 44.7 Å². The summed E-state index contributed by atoms with van der Waals surface area (Å²) in [4.78, 5) is 15.3. The van der Waals surface area contributed by atoms with E-state index in [9.17, 15) is 5.26 Å². The van der Waals surface area contributed by atoms with Gasteiger partial charge >= 0.3 is 0 Å². The van der Waals surface area contributed by atoms with Gasteiger partial charge in [-0.3, -0.25) is 9.55 Å². The van der Waals surface area contributed by atoms with Crippen molar-refractivity contribution in [2.75, 3.05) is 0 Å². The molecular formula is C42H22N6. The second kappa shape index (κ2) is 9.12. The lowest BCUT2D eigenvalue weighted by atomic mass is 10.0. The van der Waals surface area contributed by atoms with E-state index in [-0.39, 0.29) is 0 Å². The lowest BCUT2D eigenvalue weighted by Crippen LogP contribution is -2.04. The summed E-state index contributed by atoms with van der Waals surface area (Å²) in [5.41, 5.74) is 9.43. The highest BCUT2D eigenvalue weighted by Gasteiger charge is 2.26. The molecule has 6 aromatic carbocycles. The van der Waals surface area contributed by atoms with Crippen molar-refractivity contribution < 1.29 is 0 Å². The predicted octanol–water partition coefficient (Wildman–Crippen LogP) is 9.96. The van der Waals surface area contributed by atoms with Gasteiger partial charge in [-0.25, -0.2) is 9.97 Å². The summed E-state index contributed by atoms with van der Waals surface area (Å²) in [6, 6.07) is 46.5. The minimum absolute atomic E-state index is 0.577. The lowest BCUT2D eigenvalue weighted by molar-refractivity contribution is 1.01. The number of rotatable bonds is 2. The summed E-state index contributed by atoms with van der Waals surface area (Å²) >= 11 is 0. The fourth-order valence-electron chi connectivity index (χ4n) is 7.94. The lowest BCUT2D eigenvalue weighted by Gasteiger charge is -2.12. The molecule has 0 amide bonds. The molecule has 0 atom stereocenters. The largest absolute Gasteiger partial charge is 0.308 e. The molecule has 5 heterocycles. The zero-order chi connectivity index (χ0) is 31.5. The molecule has 5 aromatic heterocycles. The molecule has 0 aliphatic rings. The Balaban J connectivity index is 1.39. The highest BCUT2D eigenvalue weighted by Crippen LogP contribution is 2.47. The molecule has 0 bridgehead atoms. The first-order valence-electron chi connectivity index (χ1n) is 15.9. The van der Waals surface area contributed by atoms with Crippen LogP contribution in [0.5, 0.6) is 0 Å². The van der Waals surface area contributed by atoms with E-state index in [1.807, 2.05) is 36.4 Å². The first-order chi connectivity index (χ1) is 23.8. The van der Waals surface area contributed by atoms with Gasteiger partial charge in [0.1, 0.15) is 11.2 Å². The number of fused-ring (bicyclic) bond motifs is 13. The molecule has 0 N–H and O–H groups in total. The van der Waals surface area contributed by atoms with Crippen LogP contribution in [0.15, 0.2) is 134 Å². The third kappa shape index (κ3) is 3.17. The topological polar surface area (TPSA) is 71.8 Å². The Morgan fingerprint density at radius 1 is 0.562 bits per heavy atom. The van der Waals surface area contributed by atoms with E-state index in [0.29, 0.717) is 11.5 Å². The second-order valence-corrected chi connectivity index (χ2v) is 12.4. The van der Waals surface area contributed by atoms with Crippen LogP contribution in [0.25, 0.3) is 98.9 Å². The number of para-hydroxylation sites is 2. The Kier molecular flexibility index (Phi) is 4.82. The predicted molar refractivity (Wildman–Crippen MR) is 194 cm³/mol. The van der Waals surface area contributed by atoms with Gasteiger partial charge in [-0.1, -0.05) is 84.9 Å². The molecular weight excluding hydrogens is 589 g/mol. The molecule has 11 rings (SSSR count). The van der Waals surface area contributed by atoms with Crippen LogP contribution < -0.4 is 0 Å². The van der Waals surface area contributed by atoms with Crippen LogP contribution in [0.1, 0.15) is 5.56 Å². The van der Waals surface area contributed by atoms with Crippen LogP contribution >= 0.6 is 0 Å². The van der Waals surface area contributed by atoms with Crippen LogP contribution in [0.4, 0.5) is 0 Å². The van der Waals surface area contributed by atoms with Gasteiger partial charge in [-0.05, 0) is 47.9 Å². The molecule has 0 aliphatic carbocycles. The molecule has 0 saturated carbocycles. The molecule has 0 spiro atoms. The van der Waals surface area contributed by atoms with E-state index >= 15 is 0 Å². The van der Waals surface area contributed by atoms with E-state index in [2.05, 4.69) is 106 Å². The third-order valence-corrected chi connectivity index (χ3v) is 9.92. The Morgan fingerprint density at radius 3 is 2.15 bits per heavy atom. The number of pyridine rings is 1. The Hall–Kier alpha value is -6.84. The summed E-state index contributed by atoms with van der Waals surface area (Å²) in [5.74, 6) is 0.577. The van der Waals surface area contributed by atoms with Gasteiger partial charge in [0.2, 0.25) is 5.95 Å². The van der Waals surface area contributed by atoms with E-state index in [4.69, 9.17) is 15.0 Å². The monoisotopic (exact) mass is 610 g/mol. The highest BCUT2D eigenvalue weighted by atomic mass is 15.2. The average molecular weight is 611 g/mol. The maximum atomic E-state index is 9.47. The molecule has 0 saturated heterocycles. The number of nitriles is 1. The van der Waals surface area contributed by atoms with Gasteiger partial charge in [-0.15, -0.1) is 0 Å². The molecule has 220 valence electrons. The van der Waals surface area contributed by atoms with Crippen molar-refractivity contribution in [1.29, 1.82) is 5.26 Å². The van der Waals surface area contributed by atoms with Crippen LogP contribution in [0.3, 0.4) is 0 Å². The summed E-state index contributed by atoms with van der Waals surface area (Å²) in [5, 5.41) is 19.0. The Labute approximate surface area is 272 Å². The number of aromatic nitrogens is 5. The summed E-state index contributed by atoms with van der Waals surface area (Å²) in [6.07, 6.45) is 1.78. The summed E-state index contributed by atoms with van der Waals surface area (Å²) in [7, 11) is 0. The van der Waals surface area contributed by atoms with E-state index in [1.54, 1.807) is 6.20 Å². The molecule has 6 nitrogen and oxygen atoms in total. The average Bonchev–Trinajstić information content (AvgIpc) is 3.79. The first kappa shape index (κ1) is 25.4. The Bertz CT molecular complexity index is 3180. The number of hydrogen-bond donors (Lipinski definition) is 0. The fourth-order valence-corrected chi connectivity index (χ4v) is 7.94. The maximum Gasteiger partial charge on any atom is 0.235 e. The van der Waals surface area contributed by atoms with E-state index in [0.717, 1.165) is 49.5 Å². The minimum Gasteiger partial charge on any atom is -0.308 e. The first-order valence-corrected chi connectivity index (χ1v) is 15.9. The van der Waals surface area contributed by atoms with Crippen LogP contribution in [-0.2, 0) is 0 Å². The summed E-state index contributed by atoms with van der Waals surface area (Å²) < 4.78 is 4.69. The van der Waals surface area contributed by atoms with Gasteiger partial charge in [0.25, 0.3) is 0 Å². The highest BCUT2D eigenvalue weighted by molar-refractivity contribution is 6.37. The van der Waals surface area contributed by atoms with E-state index in [1.165, 1.54) is 43.5 Å². The van der Waals surface area contributed by atoms with Gasteiger partial charge in [0.15, 0.2) is 0 Å². The molecule has 0 radical (unpaired) electrons. The molecule has 0 aliphatic heterocycles. The minimum atomic E-state index is 0.577. The van der Waals surface area contributed by atoms with Crippen molar-refractivity contribution in [2.45, 2.75) is 0 Å². The van der Waals surface area contributed by atoms with Crippen molar-refractivity contribution >= 4 is 81.7 Å². The van der Waals surface area contributed by atoms with E-state index < -0.39 is 0 Å². The fraction of sp³-hybridized carbons (Fsp3) is 0. The zero-order valence-electron chi connectivity index (χ0n) is 25.4. The number of benzene rings is 6. The third-order valence-electron chi connectivity index (χ3n) is 9.92. The molecule has 11 aromatic rings. The van der Waals surface area contributed by atoms with Crippen molar-refractivity contribution in [1.82, 2.24) is 23.9 Å². The molecule has 6 heteroatoms. The SMILES string of the molecule is N#Cc1ccc(-c2nc(-n3c4cc5c6ccccc6n6c7ccccc7c(c4c4ccc7ccccc7c43)c56)nc3cccnc23)cc1.